The number of carbonyl (C=O) groups is 1. The number of anilines is 1. The minimum atomic E-state index is -5.77. The third kappa shape index (κ3) is 6.74. The lowest BCUT2D eigenvalue weighted by Gasteiger charge is -2.20. The van der Waals surface area contributed by atoms with Crippen LogP contribution in [-0.4, -0.2) is 41.9 Å². The summed E-state index contributed by atoms with van der Waals surface area (Å²) in [5, 5.41) is 3.94. The zero-order valence-electron chi connectivity index (χ0n) is 15.5. The van der Waals surface area contributed by atoms with Gasteiger partial charge in [-0.1, -0.05) is 13.0 Å². The average molecular weight is 421 g/mol. The van der Waals surface area contributed by atoms with E-state index in [4.69, 9.17) is 0 Å². The quantitative estimate of drug-likeness (QED) is 0.348. The Kier molecular flexibility index (Phi) is 8.80. The number of allylic oxidation sites excluding steroid dienone is 2. The van der Waals surface area contributed by atoms with Gasteiger partial charge in [-0.25, -0.2) is 4.98 Å². The summed E-state index contributed by atoms with van der Waals surface area (Å²) >= 11 is 1.06. The van der Waals surface area contributed by atoms with Gasteiger partial charge in [-0.05, 0) is 29.7 Å². The van der Waals surface area contributed by atoms with Crippen molar-refractivity contribution >= 4 is 29.6 Å². The Hall–Kier alpha value is -2.23. The highest BCUT2D eigenvalue weighted by atomic mass is 32.2. The van der Waals surface area contributed by atoms with Crippen LogP contribution in [0.5, 0.6) is 0 Å². The Morgan fingerprint density at radius 1 is 1.32 bits per heavy atom. The van der Waals surface area contributed by atoms with E-state index in [1.54, 1.807) is 33.2 Å². The zero-order chi connectivity index (χ0) is 21.4. The van der Waals surface area contributed by atoms with E-state index in [1.807, 2.05) is 0 Å². The Morgan fingerprint density at radius 3 is 2.57 bits per heavy atom. The van der Waals surface area contributed by atoms with Gasteiger partial charge in [0, 0.05) is 37.0 Å². The molecule has 0 saturated heterocycles. The summed E-state index contributed by atoms with van der Waals surface area (Å²) in [6.07, 6.45) is -2.58. The summed E-state index contributed by atoms with van der Waals surface area (Å²) in [4.78, 5) is 19.5. The standard InChI is InChI=1S/C18H20F5N3OS/c1-4-28-6-5-14(17(19,20)18(21,22)23)10-25-11-15(27)8-13-7-12(2)9-26-16(13)24-3/h5-7,9-11H,4,8H2,1-3H3,(H,24,26)/b6-5+,14-10+,25-11?. The number of aliphatic imine (C=N–C) groups is 1. The van der Waals surface area contributed by atoms with Crippen LogP contribution in [0.25, 0.3) is 0 Å². The molecule has 0 aliphatic rings. The Labute approximate surface area is 164 Å². The highest BCUT2D eigenvalue weighted by molar-refractivity contribution is 8.02. The van der Waals surface area contributed by atoms with Crippen LogP contribution in [0, 0.1) is 6.92 Å². The Bertz CT molecular complexity index is 773. The van der Waals surface area contributed by atoms with Crippen molar-refractivity contribution in [2.75, 3.05) is 18.1 Å². The first-order valence-corrected chi connectivity index (χ1v) is 9.20. The highest BCUT2D eigenvalue weighted by Crippen LogP contribution is 2.41. The number of thioether (sulfide) groups is 1. The Morgan fingerprint density at radius 2 is 2.00 bits per heavy atom. The lowest BCUT2D eigenvalue weighted by atomic mass is 10.1. The summed E-state index contributed by atoms with van der Waals surface area (Å²) in [5.41, 5.74) is 0.0189. The third-order valence-corrected chi connectivity index (χ3v) is 4.03. The maximum Gasteiger partial charge on any atom is 0.458 e. The van der Waals surface area contributed by atoms with Crippen molar-refractivity contribution in [2.24, 2.45) is 4.99 Å². The van der Waals surface area contributed by atoms with E-state index in [2.05, 4.69) is 15.3 Å². The van der Waals surface area contributed by atoms with E-state index in [0.29, 0.717) is 29.4 Å². The van der Waals surface area contributed by atoms with Crippen LogP contribution in [0.15, 0.2) is 40.5 Å². The molecule has 1 N–H and O–H groups in total. The Balaban J connectivity index is 3.03. The molecule has 0 spiro atoms. The molecular weight excluding hydrogens is 401 g/mol. The summed E-state index contributed by atoms with van der Waals surface area (Å²) in [6, 6.07) is 1.72. The molecule has 0 aliphatic carbocycles. The van der Waals surface area contributed by atoms with E-state index in [9.17, 15) is 26.7 Å². The minimum absolute atomic E-state index is 0.130. The normalized spacial score (nSPS) is 13.5. The number of rotatable bonds is 9. The molecule has 10 heteroatoms. The van der Waals surface area contributed by atoms with Crippen molar-refractivity contribution in [1.29, 1.82) is 0 Å². The smallest absolute Gasteiger partial charge is 0.373 e. The van der Waals surface area contributed by atoms with Gasteiger partial charge in [-0.2, -0.15) is 22.0 Å². The van der Waals surface area contributed by atoms with Crippen LogP contribution in [0.2, 0.25) is 0 Å². The van der Waals surface area contributed by atoms with Crippen molar-refractivity contribution in [1.82, 2.24) is 4.98 Å². The fraction of sp³-hybridized carbons (Fsp3) is 0.389. The number of nitrogens with one attached hydrogen (secondary N) is 1. The molecule has 154 valence electrons. The molecule has 0 amide bonds. The molecular formula is C18H20F5N3OS. The fourth-order valence-corrected chi connectivity index (χ4v) is 2.47. The summed E-state index contributed by atoms with van der Waals surface area (Å²) in [7, 11) is 1.62. The van der Waals surface area contributed by atoms with Crippen LogP contribution in [0.3, 0.4) is 0 Å². The lowest BCUT2D eigenvalue weighted by Crippen LogP contribution is -2.37. The van der Waals surface area contributed by atoms with Crippen LogP contribution >= 0.6 is 11.8 Å². The fourth-order valence-electron chi connectivity index (χ4n) is 2.03. The van der Waals surface area contributed by atoms with Crippen molar-refractivity contribution < 1.29 is 26.7 Å². The minimum Gasteiger partial charge on any atom is -0.373 e. The van der Waals surface area contributed by atoms with Crippen LogP contribution in [0.4, 0.5) is 27.8 Å². The molecule has 1 rings (SSSR count). The predicted octanol–water partition coefficient (Wildman–Crippen LogP) is 4.96. The molecule has 0 atom stereocenters. The van der Waals surface area contributed by atoms with Gasteiger partial charge < -0.3 is 5.32 Å². The molecule has 0 aliphatic heterocycles. The van der Waals surface area contributed by atoms with Crippen molar-refractivity contribution in [2.45, 2.75) is 32.4 Å². The first-order valence-electron chi connectivity index (χ1n) is 8.15. The first-order chi connectivity index (χ1) is 13.0. The zero-order valence-corrected chi connectivity index (χ0v) is 16.3. The topological polar surface area (TPSA) is 54.4 Å². The predicted molar refractivity (Wildman–Crippen MR) is 102 cm³/mol. The molecule has 1 heterocycles. The lowest BCUT2D eigenvalue weighted by molar-refractivity contribution is -0.262. The van der Waals surface area contributed by atoms with Gasteiger partial charge in [-0.15, -0.1) is 11.8 Å². The van der Waals surface area contributed by atoms with Crippen LogP contribution in [-0.2, 0) is 11.2 Å². The number of aromatic nitrogens is 1. The molecule has 0 radical (unpaired) electrons. The van der Waals surface area contributed by atoms with E-state index in [-0.39, 0.29) is 6.42 Å². The number of pyridine rings is 1. The van der Waals surface area contributed by atoms with Crippen molar-refractivity contribution in [3.8, 4) is 0 Å². The molecule has 0 unspecified atom stereocenters. The monoisotopic (exact) mass is 421 g/mol. The highest BCUT2D eigenvalue weighted by Gasteiger charge is 2.59. The van der Waals surface area contributed by atoms with Gasteiger partial charge >= 0.3 is 12.1 Å². The largest absolute Gasteiger partial charge is 0.458 e. The molecule has 1 aromatic heterocycles. The van der Waals surface area contributed by atoms with Gasteiger partial charge in [0.1, 0.15) is 5.82 Å². The van der Waals surface area contributed by atoms with Crippen molar-refractivity contribution in [3.05, 3.63) is 46.6 Å². The SMILES string of the molecule is CCS/C=C/C(=C\N=CC(=O)Cc1cc(C)cnc1NC)C(F)(F)C(F)(F)F. The second-order valence-electron chi connectivity index (χ2n) is 5.61. The van der Waals surface area contributed by atoms with Crippen molar-refractivity contribution in [3.63, 3.8) is 0 Å². The van der Waals surface area contributed by atoms with Gasteiger partial charge in [0.2, 0.25) is 0 Å². The second-order valence-corrected chi connectivity index (χ2v) is 6.79. The maximum absolute atomic E-state index is 13.6. The van der Waals surface area contributed by atoms with Gasteiger partial charge in [-0.3, -0.25) is 9.79 Å². The number of halogens is 5. The number of carbonyl (C=O) groups excluding carboxylic acids is 1. The van der Waals surface area contributed by atoms with Crippen LogP contribution in [0.1, 0.15) is 18.1 Å². The third-order valence-electron chi connectivity index (χ3n) is 3.37. The van der Waals surface area contributed by atoms with Crippen LogP contribution < -0.4 is 5.32 Å². The molecule has 0 fully saturated rings. The molecule has 0 aromatic carbocycles. The molecule has 0 bridgehead atoms. The van der Waals surface area contributed by atoms with E-state index in [0.717, 1.165) is 28.9 Å². The molecule has 1 aromatic rings. The van der Waals surface area contributed by atoms with E-state index < -0.39 is 23.5 Å². The van der Waals surface area contributed by atoms with E-state index >= 15 is 0 Å². The summed E-state index contributed by atoms with van der Waals surface area (Å²) < 4.78 is 65.1. The summed E-state index contributed by atoms with van der Waals surface area (Å²) in [6.45, 7) is 3.50. The molecule has 4 nitrogen and oxygen atoms in total. The number of ketones is 1. The van der Waals surface area contributed by atoms with Gasteiger partial charge in [0.15, 0.2) is 5.78 Å². The molecule has 28 heavy (non-hydrogen) atoms. The second kappa shape index (κ2) is 10.4. The average Bonchev–Trinajstić information content (AvgIpc) is 2.59. The first kappa shape index (κ1) is 23.8. The number of hydrogen-bond donors (Lipinski definition) is 1. The number of hydrogen-bond acceptors (Lipinski definition) is 5. The number of alkyl halides is 5. The van der Waals surface area contributed by atoms with E-state index in [1.165, 1.54) is 0 Å². The molecule has 0 saturated carbocycles. The summed E-state index contributed by atoms with van der Waals surface area (Å²) in [5.74, 6) is -4.69. The maximum atomic E-state index is 13.6. The van der Waals surface area contributed by atoms with Gasteiger partial charge in [0.25, 0.3) is 0 Å². The van der Waals surface area contributed by atoms with Gasteiger partial charge in [0.05, 0.1) is 6.21 Å². The number of nitrogens with zero attached hydrogens (tertiary/aromatic N) is 2. The number of Topliss-reactive ketones (excluding diaryl/α,β-unsaturated/α-hetero) is 1. The number of aryl methyl sites for hydroxylation is 1.